The van der Waals surface area contributed by atoms with Crippen molar-refractivity contribution < 1.29 is 9.21 Å². The van der Waals surface area contributed by atoms with E-state index in [0.717, 1.165) is 31.5 Å². The Balaban J connectivity index is 1.58. The van der Waals surface area contributed by atoms with Crippen LogP contribution in [-0.4, -0.2) is 33.4 Å². The van der Waals surface area contributed by atoms with Crippen LogP contribution in [0.2, 0.25) is 0 Å². The molecule has 6 heteroatoms. The van der Waals surface area contributed by atoms with Gasteiger partial charge >= 0.3 is 5.76 Å². The average molecular weight is 323 g/mol. The van der Waals surface area contributed by atoms with Gasteiger partial charge in [-0.1, -0.05) is 12.1 Å². The van der Waals surface area contributed by atoms with Gasteiger partial charge < -0.3 is 9.32 Å². The maximum absolute atomic E-state index is 12.3. The zero-order valence-corrected chi connectivity index (χ0v) is 13.1. The minimum Gasteiger partial charge on any atom is -0.406 e. The van der Waals surface area contributed by atoms with Gasteiger partial charge in [-0.3, -0.25) is 9.36 Å². The van der Waals surface area contributed by atoms with Gasteiger partial charge in [0, 0.05) is 24.8 Å². The molecule has 0 unspecified atom stereocenters. The molecule has 4 rings (SSSR count). The molecule has 1 aliphatic rings. The predicted molar refractivity (Wildman–Crippen MR) is 89.0 cm³/mol. The SMILES string of the molecule is O=C(c1ccc(Cn2c(=O)oc3cccnc32)cc1)N1CCCC1. The van der Waals surface area contributed by atoms with Crippen molar-refractivity contribution in [2.45, 2.75) is 19.4 Å². The van der Waals surface area contributed by atoms with Crippen molar-refractivity contribution >= 4 is 17.1 Å². The molecular formula is C18H17N3O3. The summed E-state index contributed by atoms with van der Waals surface area (Å²) < 4.78 is 6.68. The first-order valence-corrected chi connectivity index (χ1v) is 8.05. The molecule has 1 aromatic carbocycles. The Labute approximate surface area is 138 Å². The molecule has 3 aromatic rings. The Kier molecular flexibility index (Phi) is 3.65. The van der Waals surface area contributed by atoms with Crippen LogP contribution in [0.15, 0.2) is 51.8 Å². The number of amides is 1. The minimum absolute atomic E-state index is 0.0756. The molecule has 0 atom stereocenters. The van der Waals surface area contributed by atoms with Crippen molar-refractivity contribution in [3.05, 3.63) is 64.3 Å². The number of fused-ring (bicyclic) bond motifs is 1. The lowest BCUT2D eigenvalue weighted by molar-refractivity contribution is 0.0793. The Morgan fingerprint density at radius 2 is 1.88 bits per heavy atom. The second-order valence-electron chi connectivity index (χ2n) is 5.98. The van der Waals surface area contributed by atoms with Crippen LogP contribution in [0.1, 0.15) is 28.8 Å². The van der Waals surface area contributed by atoms with Crippen LogP contribution in [0.25, 0.3) is 11.2 Å². The van der Waals surface area contributed by atoms with E-state index in [1.54, 1.807) is 18.3 Å². The summed E-state index contributed by atoms with van der Waals surface area (Å²) in [5.74, 6) is -0.354. The van der Waals surface area contributed by atoms with Crippen LogP contribution < -0.4 is 5.76 Å². The van der Waals surface area contributed by atoms with E-state index in [1.807, 2.05) is 29.2 Å². The molecule has 1 saturated heterocycles. The molecule has 2 aromatic heterocycles. The zero-order valence-electron chi connectivity index (χ0n) is 13.1. The molecule has 0 spiro atoms. The number of pyridine rings is 1. The van der Waals surface area contributed by atoms with Gasteiger partial charge in [0.15, 0.2) is 11.2 Å². The number of hydrogen-bond donors (Lipinski definition) is 0. The molecule has 0 bridgehead atoms. The van der Waals surface area contributed by atoms with Crippen LogP contribution in [-0.2, 0) is 6.54 Å². The molecule has 122 valence electrons. The first-order valence-electron chi connectivity index (χ1n) is 8.05. The first kappa shape index (κ1) is 14.7. The highest BCUT2D eigenvalue weighted by Gasteiger charge is 2.19. The van der Waals surface area contributed by atoms with E-state index < -0.39 is 5.76 Å². The number of benzene rings is 1. The summed E-state index contributed by atoms with van der Waals surface area (Å²) in [4.78, 5) is 30.4. The molecule has 1 amide bonds. The maximum atomic E-state index is 12.3. The molecular weight excluding hydrogens is 306 g/mol. The number of carbonyl (C=O) groups excluding carboxylic acids is 1. The van der Waals surface area contributed by atoms with Gasteiger partial charge in [-0.05, 0) is 42.7 Å². The molecule has 6 nitrogen and oxygen atoms in total. The fourth-order valence-corrected chi connectivity index (χ4v) is 3.08. The molecule has 3 heterocycles. The second-order valence-corrected chi connectivity index (χ2v) is 5.98. The molecule has 0 aliphatic carbocycles. The number of carbonyl (C=O) groups is 1. The Hall–Kier alpha value is -2.89. The van der Waals surface area contributed by atoms with Crippen LogP contribution >= 0.6 is 0 Å². The van der Waals surface area contributed by atoms with Crippen LogP contribution in [0.5, 0.6) is 0 Å². The fraction of sp³-hybridized carbons (Fsp3) is 0.278. The van der Waals surface area contributed by atoms with Gasteiger partial charge in [-0.2, -0.15) is 0 Å². The van der Waals surface area contributed by atoms with E-state index in [4.69, 9.17) is 4.42 Å². The molecule has 0 radical (unpaired) electrons. The summed E-state index contributed by atoms with van der Waals surface area (Å²) in [6, 6.07) is 10.8. The monoisotopic (exact) mass is 323 g/mol. The van der Waals surface area contributed by atoms with Crippen LogP contribution in [0.4, 0.5) is 0 Å². The lowest BCUT2D eigenvalue weighted by Gasteiger charge is -2.15. The molecule has 0 N–H and O–H groups in total. The average Bonchev–Trinajstić information content (AvgIpc) is 3.24. The van der Waals surface area contributed by atoms with Crippen LogP contribution in [0, 0.1) is 0 Å². The van der Waals surface area contributed by atoms with E-state index >= 15 is 0 Å². The standard InChI is InChI=1S/C18H17N3O3/c22-17(20-10-1-2-11-20)14-7-5-13(6-8-14)12-21-16-15(24-18(21)23)4-3-9-19-16/h3-9H,1-2,10-12H2. The van der Waals surface area contributed by atoms with Crippen molar-refractivity contribution in [3.8, 4) is 0 Å². The van der Waals surface area contributed by atoms with Crippen molar-refractivity contribution in [2.24, 2.45) is 0 Å². The quantitative estimate of drug-likeness (QED) is 0.741. The Morgan fingerprint density at radius 1 is 1.12 bits per heavy atom. The summed E-state index contributed by atoms with van der Waals surface area (Å²) in [6.45, 7) is 2.03. The third-order valence-electron chi connectivity index (χ3n) is 4.36. The van der Waals surface area contributed by atoms with Crippen molar-refractivity contribution in [3.63, 3.8) is 0 Å². The zero-order chi connectivity index (χ0) is 16.5. The topological polar surface area (TPSA) is 68.3 Å². The van der Waals surface area contributed by atoms with Gasteiger partial charge in [0.1, 0.15) is 0 Å². The highest BCUT2D eigenvalue weighted by atomic mass is 16.4. The summed E-state index contributed by atoms with van der Waals surface area (Å²) in [7, 11) is 0. The normalized spacial score (nSPS) is 14.4. The largest absolute Gasteiger partial charge is 0.421 e. The number of oxazole rings is 1. The van der Waals surface area contributed by atoms with E-state index in [9.17, 15) is 9.59 Å². The van der Waals surface area contributed by atoms with E-state index in [2.05, 4.69) is 4.98 Å². The highest BCUT2D eigenvalue weighted by molar-refractivity contribution is 5.94. The molecule has 0 saturated carbocycles. The number of aromatic nitrogens is 2. The number of hydrogen-bond acceptors (Lipinski definition) is 4. The Morgan fingerprint density at radius 3 is 2.62 bits per heavy atom. The first-order chi connectivity index (χ1) is 11.7. The van der Waals surface area contributed by atoms with Gasteiger partial charge in [-0.25, -0.2) is 9.78 Å². The number of likely N-dealkylation sites (tertiary alicyclic amines) is 1. The third-order valence-corrected chi connectivity index (χ3v) is 4.36. The third kappa shape index (κ3) is 2.60. The predicted octanol–water partition coefficient (Wildman–Crippen LogP) is 2.27. The summed E-state index contributed by atoms with van der Waals surface area (Å²) in [5.41, 5.74) is 2.61. The van der Waals surface area contributed by atoms with Gasteiger partial charge in [-0.15, -0.1) is 0 Å². The van der Waals surface area contributed by atoms with Crippen molar-refractivity contribution in [1.29, 1.82) is 0 Å². The van der Waals surface area contributed by atoms with E-state index in [1.165, 1.54) is 4.57 Å². The second kappa shape index (κ2) is 5.96. The molecule has 1 fully saturated rings. The summed E-state index contributed by atoms with van der Waals surface area (Å²) >= 11 is 0. The van der Waals surface area contributed by atoms with Gasteiger partial charge in [0.05, 0.1) is 6.54 Å². The van der Waals surface area contributed by atoms with Gasteiger partial charge in [0.2, 0.25) is 0 Å². The maximum Gasteiger partial charge on any atom is 0.421 e. The lowest BCUT2D eigenvalue weighted by Crippen LogP contribution is -2.27. The van der Waals surface area contributed by atoms with Gasteiger partial charge in [0.25, 0.3) is 5.91 Å². The highest BCUT2D eigenvalue weighted by Crippen LogP contribution is 2.15. The number of nitrogens with zero attached hydrogens (tertiary/aromatic N) is 3. The fourth-order valence-electron chi connectivity index (χ4n) is 3.08. The molecule has 24 heavy (non-hydrogen) atoms. The van der Waals surface area contributed by atoms with E-state index in [0.29, 0.717) is 23.3 Å². The van der Waals surface area contributed by atoms with Crippen molar-refractivity contribution in [2.75, 3.05) is 13.1 Å². The molecule has 1 aliphatic heterocycles. The Bertz CT molecular complexity index is 934. The summed E-state index contributed by atoms with van der Waals surface area (Å²) in [6.07, 6.45) is 3.78. The minimum atomic E-state index is -0.430. The van der Waals surface area contributed by atoms with E-state index in [-0.39, 0.29) is 5.91 Å². The van der Waals surface area contributed by atoms with Crippen LogP contribution in [0.3, 0.4) is 0 Å². The summed E-state index contributed by atoms with van der Waals surface area (Å²) in [5, 5.41) is 0. The number of rotatable bonds is 3. The van der Waals surface area contributed by atoms with Crippen molar-refractivity contribution in [1.82, 2.24) is 14.5 Å². The smallest absolute Gasteiger partial charge is 0.406 e. The lowest BCUT2D eigenvalue weighted by atomic mass is 10.1.